The number of likely N-dealkylation sites (tertiary alicyclic amines) is 1. The Labute approximate surface area is 99.2 Å². The van der Waals surface area contributed by atoms with E-state index in [1.165, 1.54) is 58.3 Å². The Morgan fingerprint density at radius 3 is 2.50 bits per heavy atom. The Kier molecular flexibility index (Phi) is 4.62. The van der Waals surface area contributed by atoms with Gasteiger partial charge in [0.05, 0.1) is 6.10 Å². The molecule has 1 aliphatic heterocycles. The summed E-state index contributed by atoms with van der Waals surface area (Å²) in [5, 5.41) is 13.1. The minimum Gasteiger partial charge on any atom is -0.393 e. The highest BCUT2D eigenvalue weighted by atomic mass is 16.3. The van der Waals surface area contributed by atoms with Crippen LogP contribution in [0.5, 0.6) is 0 Å². The maximum Gasteiger partial charge on any atom is 0.0541 e. The summed E-state index contributed by atoms with van der Waals surface area (Å²) in [5.41, 5.74) is 0. The topological polar surface area (TPSA) is 35.5 Å². The molecular weight excluding hydrogens is 200 g/mol. The van der Waals surface area contributed by atoms with Crippen LogP contribution < -0.4 is 5.32 Å². The van der Waals surface area contributed by atoms with Gasteiger partial charge in [0.1, 0.15) is 0 Å². The summed E-state index contributed by atoms with van der Waals surface area (Å²) in [6.45, 7) is 6.70. The summed E-state index contributed by atoms with van der Waals surface area (Å²) >= 11 is 0. The summed E-state index contributed by atoms with van der Waals surface area (Å²) in [4.78, 5) is 2.55. The van der Waals surface area contributed by atoms with Gasteiger partial charge >= 0.3 is 0 Å². The maximum absolute atomic E-state index is 9.52. The molecule has 94 valence electrons. The van der Waals surface area contributed by atoms with Crippen molar-refractivity contribution in [3.63, 3.8) is 0 Å². The molecule has 0 bridgehead atoms. The van der Waals surface area contributed by atoms with Gasteiger partial charge in [-0.3, -0.25) is 0 Å². The zero-order valence-corrected chi connectivity index (χ0v) is 10.5. The number of nitrogens with zero attached hydrogens (tertiary/aromatic N) is 1. The molecule has 0 radical (unpaired) electrons. The first-order valence-corrected chi connectivity index (χ1v) is 6.89. The van der Waals surface area contributed by atoms with Crippen LogP contribution in [-0.2, 0) is 0 Å². The third-order valence-corrected chi connectivity index (χ3v) is 3.98. The lowest BCUT2D eigenvalue weighted by Gasteiger charge is -2.33. The van der Waals surface area contributed by atoms with Crippen LogP contribution in [0.4, 0.5) is 0 Å². The molecule has 1 saturated heterocycles. The smallest absolute Gasteiger partial charge is 0.0541 e. The van der Waals surface area contributed by atoms with E-state index in [0.29, 0.717) is 5.92 Å². The first kappa shape index (κ1) is 12.3. The van der Waals surface area contributed by atoms with E-state index >= 15 is 0 Å². The van der Waals surface area contributed by atoms with E-state index in [-0.39, 0.29) is 6.10 Å². The molecule has 0 aromatic heterocycles. The van der Waals surface area contributed by atoms with Gasteiger partial charge < -0.3 is 15.3 Å². The molecule has 16 heavy (non-hydrogen) atoms. The Morgan fingerprint density at radius 2 is 1.94 bits per heavy atom. The molecule has 2 N–H and O–H groups in total. The zero-order chi connectivity index (χ0) is 11.4. The van der Waals surface area contributed by atoms with Crippen LogP contribution >= 0.6 is 0 Å². The van der Waals surface area contributed by atoms with Gasteiger partial charge in [0, 0.05) is 6.04 Å². The lowest BCUT2D eigenvalue weighted by Crippen LogP contribution is -2.38. The monoisotopic (exact) mass is 226 g/mol. The van der Waals surface area contributed by atoms with E-state index in [0.717, 1.165) is 6.04 Å². The third-order valence-electron chi connectivity index (χ3n) is 3.98. The predicted molar refractivity (Wildman–Crippen MR) is 66.5 cm³/mol. The summed E-state index contributed by atoms with van der Waals surface area (Å²) in [6.07, 6.45) is 6.29. The van der Waals surface area contributed by atoms with E-state index in [1.807, 2.05) is 6.92 Å². The summed E-state index contributed by atoms with van der Waals surface area (Å²) in [6, 6.07) is 0.848. The molecule has 2 aliphatic rings. The van der Waals surface area contributed by atoms with Crippen molar-refractivity contribution >= 4 is 0 Å². The fourth-order valence-corrected chi connectivity index (χ4v) is 2.56. The quantitative estimate of drug-likeness (QED) is 0.669. The highest BCUT2D eigenvalue weighted by Gasteiger charge is 2.22. The second-order valence-electron chi connectivity index (χ2n) is 5.50. The Balaban J connectivity index is 1.50. The van der Waals surface area contributed by atoms with Crippen LogP contribution in [0.1, 0.15) is 39.0 Å². The Bertz CT molecular complexity index is 196. The summed E-state index contributed by atoms with van der Waals surface area (Å²) in [7, 11) is 0. The van der Waals surface area contributed by atoms with Gasteiger partial charge in [-0.2, -0.15) is 0 Å². The van der Waals surface area contributed by atoms with Crippen molar-refractivity contribution < 1.29 is 5.11 Å². The zero-order valence-electron chi connectivity index (χ0n) is 10.5. The molecule has 0 amide bonds. The molecule has 0 spiro atoms. The summed E-state index contributed by atoms with van der Waals surface area (Å²) < 4.78 is 0. The molecule has 2 rings (SSSR count). The van der Waals surface area contributed by atoms with Gasteiger partial charge in [-0.05, 0) is 71.1 Å². The first-order valence-electron chi connectivity index (χ1n) is 6.89. The van der Waals surface area contributed by atoms with Crippen molar-refractivity contribution in [1.82, 2.24) is 10.2 Å². The molecule has 0 aromatic rings. The van der Waals surface area contributed by atoms with Crippen LogP contribution in [0.2, 0.25) is 0 Å². The Hall–Kier alpha value is -0.120. The second-order valence-corrected chi connectivity index (χ2v) is 5.50. The number of aliphatic hydroxyl groups is 1. The number of nitrogens with one attached hydrogen (secondary N) is 1. The number of hydrogen-bond acceptors (Lipinski definition) is 3. The average Bonchev–Trinajstić information content (AvgIpc) is 3.09. The van der Waals surface area contributed by atoms with Crippen LogP contribution in [0, 0.1) is 5.92 Å². The van der Waals surface area contributed by atoms with Crippen LogP contribution in [0.15, 0.2) is 0 Å². The molecule has 1 unspecified atom stereocenters. The second kappa shape index (κ2) is 5.99. The summed E-state index contributed by atoms with van der Waals surface area (Å²) in [5.74, 6) is 0.542. The third kappa shape index (κ3) is 4.04. The van der Waals surface area contributed by atoms with Crippen molar-refractivity contribution in [2.24, 2.45) is 5.92 Å². The molecule has 3 nitrogen and oxygen atoms in total. The van der Waals surface area contributed by atoms with Gasteiger partial charge in [0.2, 0.25) is 0 Å². The predicted octanol–water partition coefficient (Wildman–Crippen LogP) is 1.22. The van der Waals surface area contributed by atoms with E-state index in [2.05, 4.69) is 10.2 Å². The number of hydrogen-bond donors (Lipinski definition) is 2. The van der Waals surface area contributed by atoms with Gasteiger partial charge in [-0.1, -0.05) is 0 Å². The number of piperidine rings is 1. The molecule has 3 heteroatoms. The fourth-order valence-electron chi connectivity index (χ4n) is 2.56. The largest absolute Gasteiger partial charge is 0.393 e. The van der Waals surface area contributed by atoms with Crippen molar-refractivity contribution in [1.29, 1.82) is 0 Å². The molecule has 1 saturated carbocycles. The van der Waals surface area contributed by atoms with Gasteiger partial charge in [0.25, 0.3) is 0 Å². The van der Waals surface area contributed by atoms with Gasteiger partial charge in [-0.15, -0.1) is 0 Å². The minimum absolute atomic E-state index is 0.112. The Morgan fingerprint density at radius 1 is 1.25 bits per heavy atom. The highest BCUT2D eigenvalue weighted by molar-refractivity contribution is 4.81. The number of rotatable bonds is 6. The van der Waals surface area contributed by atoms with Gasteiger partial charge in [-0.25, -0.2) is 0 Å². The van der Waals surface area contributed by atoms with E-state index in [4.69, 9.17) is 0 Å². The van der Waals surface area contributed by atoms with Crippen LogP contribution in [0.3, 0.4) is 0 Å². The van der Waals surface area contributed by atoms with Crippen molar-refractivity contribution in [3.05, 3.63) is 0 Å². The molecule has 1 heterocycles. The lowest BCUT2D eigenvalue weighted by molar-refractivity contribution is 0.0716. The minimum atomic E-state index is -0.112. The van der Waals surface area contributed by atoms with Gasteiger partial charge in [0.15, 0.2) is 0 Å². The lowest BCUT2D eigenvalue weighted by atomic mass is 9.92. The molecule has 0 aromatic carbocycles. The van der Waals surface area contributed by atoms with Crippen LogP contribution in [-0.4, -0.2) is 48.3 Å². The normalized spacial score (nSPS) is 25.9. The highest BCUT2D eigenvalue weighted by Crippen LogP contribution is 2.21. The molecule has 1 aliphatic carbocycles. The maximum atomic E-state index is 9.52. The average molecular weight is 226 g/mol. The van der Waals surface area contributed by atoms with Crippen LogP contribution in [0.25, 0.3) is 0 Å². The van der Waals surface area contributed by atoms with E-state index < -0.39 is 0 Å². The molecule has 2 fully saturated rings. The van der Waals surface area contributed by atoms with Crippen molar-refractivity contribution in [3.8, 4) is 0 Å². The molecule has 1 atom stereocenters. The van der Waals surface area contributed by atoms with E-state index in [1.54, 1.807) is 0 Å². The number of aliphatic hydroxyl groups excluding tert-OH is 1. The SMILES string of the molecule is CC(O)C1CCN(CCCNC2CC2)CC1. The van der Waals surface area contributed by atoms with Crippen molar-refractivity contribution in [2.45, 2.75) is 51.2 Å². The fraction of sp³-hybridized carbons (Fsp3) is 1.00. The van der Waals surface area contributed by atoms with Crippen molar-refractivity contribution in [2.75, 3.05) is 26.2 Å². The first-order chi connectivity index (χ1) is 7.75. The van der Waals surface area contributed by atoms with E-state index in [9.17, 15) is 5.11 Å². The molecular formula is C13H26N2O. The standard InChI is InChI=1S/C13H26N2O/c1-11(16)12-5-9-15(10-6-12)8-2-7-14-13-3-4-13/h11-14,16H,2-10H2,1H3.